The topological polar surface area (TPSA) is 26.3 Å². The summed E-state index contributed by atoms with van der Waals surface area (Å²) < 4.78 is 40.9. The molecule has 1 atom stereocenters. The van der Waals surface area contributed by atoms with E-state index in [0.29, 0.717) is 18.8 Å². The fourth-order valence-corrected chi connectivity index (χ4v) is 2.53. The predicted molar refractivity (Wildman–Crippen MR) is 67.7 cm³/mol. The van der Waals surface area contributed by atoms with E-state index >= 15 is 0 Å². The molecule has 108 valence electrons. The average molecular weight is 286 g/mol. The van der Waals surface area contributed by atoms with Crippen LogP contribution >= 0.6 is 11.8 Å². The van der Waals surface area contributed by atoms with E-state index in [1.54, 1.807) is 0 Å². The number of alkyl halides is 3. The van der Waals surface area contributed by atoms with Crippen molar-refractivity contribution >= 4 is 17.7 Å². The number of esters is 1. The number of halogens is 3. The van der Waals surface area contributed by atoms with Gasteiger partial charge in [-0.05, 0) is 25.0 Å². The van der Waals surface area contributed by atoms with Crippen LogP contribution in [-0.2, 0) is 9.53 Å². The molecule has 18 heavy (non-hydrogen) atoms. The number of hydrogen-bond donors (Lipinski definition) is 0. The molecule has 0 aromatic carbocycles. The Kier molecular flexibility index (Phi) is 9.32. The second-order valence-corrected chi connectivity index (χ2v) is 5.34. The van der Waals surface area contributed by atoms with Crippen molar-refractivity contribution in [3.8, 4) is 0 Å². The monoisotopic (exact) mass is 286 g/mol. The molecule has 0 aliphatic heterocycles. The Morgan fingerprint density at radius 2 is 1.94 bits per heavy atom. The van der Waals surface area contributed by atoms with Crippen molar-refractivity contribution in [1.29, 1.82) is 0 Å². The average Bonchev–Trinajstić information content (AvgIpc) is 2.28. The molecule has 0 rings (SSSR count). The van der Waals surface area contributed by atoms with Crippen molar-refractivity contribution in [2.24, 2.45) is 0 Å². The molecular weight excluding hydrogens is 265 g/mol. The summed E-state index contributed by atoms with van der Waals surface area (Å²) in [6.45, 7) is 4.22. The largest absolute Gasteiger partial charge is 0.465 e. The fraction of sp³-hybridized carbons (Fsp3) is 0.917. The van der Waals surface area contributed by atoms with Crippen LogP contribution in [0.3, 0.4) is 0 Å². The number of rotatable bonds is 9. The summed E-state index contributed by atoms with van der Waals surface area (Å²) in [5.74, 6) is 0.0431. The standard InChI is InChI=1S/C12H21F3O2S/c1-3-6-10(11(16)17-8-4-2)18-9-5-7-12(13,14)15/h10H,3-9H2,1-2H3. The Labute approximate surface area is 111 Å². The first-order valence-electron chi connectivity index (χ1n) is 6.25. The highest BCUT2D eigenvalue weighted by Gasteiger charge is 2.27. The highest BCUT2D eigenvalue weighted by atomic mass is 32.2. The van der Waals surface area contributed by atoms with Crippen molar-refractivity contribution in [3.63, 3.8) is 0 Å². The molecule has 0 heterocycles. The van der Waals surface area contributed by atoms with Gasteiger partial charge in [0.2, 0.25) is 0 Å². The molecule has 0 spiro atoms. The summed E-state index contributed by atoms with van der Waals surface area (Å²) in [7, 11) is 0. The number of carbonyl (C=O) groups is 1. The Balaban J connectivity index is 3.92. The van der Waals surface area contributed by atoms with Crippen molar-refractivity contribution in [2.45, 2.75) is 57.4 Å². The van der Waals surface area contributed by atoms with Gasteiger partial charge in [-0.15, -0.1) is 11.8 Å². The third-order valence-corrected chi connectivity index (χ3v) is 3.54. The van der Waals surface area contributed by atoms with Crippen molar-refractivity contribution in [1.82, 2.24) is 0 Å². The minimum atomic E-state index is -4.11. The van der Waals surface area contributed by atoms with Crippen molar-refractivity contribution in [3.05, 3.63) is 0 Å². The van der Waals surface area contributed by atoms with Crippen LogP contribution < -0.4 is 0 Å². The number of ether oxygens (including phenoxy) is 1. The van der Waals surface area contributed by atoms with Gasteiger partial charge in [0.1, 0.15) is 5.25 Å². The van der Waals surface area contributed by atoms with Gasteiger partial charge >= 0.3 is 12.1 Å². The van der Waals surface area contributed by atoms with E-state index in [0.717, 1.165) is 12.8 Å². The molecule has 6 heteroatoms. The second kappa shape index (κ2) is 9.53. The minimum absolute atomic E-state index is 0.0510. The van der Waals surface area contributed by atoms with Gasteiger partial charge in [-0.1, -0.05) is 20.3 Å². The molecule has 0 aliphatic carbocycles. The lowest BCUT2D eigenvalue weighted by Crippen LogP contribution is -2.21. The van der Waals surface area contributed by atoms with E-state index in [4.69, 9.17) is 4.74 Å². The van der Waals surface area contributed by atoms with Gasteiger partial charge in [0.05, 0.1) is 6.61 Å². The Morgan fingerprint density at radius 1 is 1.28 bits per heavy atom. The number of hydrogen-bond acceptors (Lipinski definition) is 3. The van der Waals surface area contributed by atoms with Crippen LogP contribution in [0.2, 0.25) is 0 Å². The fourth-order valence-electron chi connectivity index (χ4n) is 1.33. The summed E-state index contributed by atoms with van der Waals surface area (Å²) in [6, 6.07) is 0. The zero-order valence-electron chi connectivity index (χ0n) is 10.9. The first-order valence-corrected chi connectivity index (χ1v) is 7.30. The quantitative estimate of drug-likeness (QED) is 0.470. The van der Waals surface area contributed by atoms with Crippen LogP contribution in [0.1, 0.15) is 46.0 Å². The smallest absolute Gasteiger partial charge is 0.389 e. The van der Waals surface area contributed by atoms with Gasteiger partial charge in [-0.25, -0.2) is 0 Å². The normalized spacial score (nSPS) is 13.4. The molecule has 0 aromatic heterocycles. The van der Waals surface area contributed by atoms with Gasteiger partial charge in [0.15, 0.2) is 0 Å². The molecule has 1 unspecified atom stereocenters. The van der Waals surface area contributed by atoms with E-state index in [1.807, 2.05) is 13.8 Å². The first-order chi connectivity index (χ1) is 8.40. The molecule has 0 bridgehead atoms. The third-order valence-electron chi connectivity index (χ3n) is 2.19. The summed E-state index contributed by atoms with van der Waals surface area (Å²) in [5, 5.41) is -0.324. The molecule has 0 saturated carbocycles. The molecule has 0 aliphatic rings. The summed E-state index contributed by atoms with van der Waals surface area (Å²) >= 11 is 1.27. The van der Waals surface area contributed by atoms with Crippen LogP contribution in [-0.4, -0.2) is 29.8 Å². The van der Waals surface area contributed by atoms with Gasteiger partial charge in [-0.3, -0.25) is 4.79 Å². The Hall–Kier alpha value is -0.390. The molecule has 0 aromatic rings. The van der Waals surface area contributed by atoms with Gasteiger partial charge in [-0.2, -0.15) is 13.2 Å². The van der Waals surface area contributed by atoms with Crippen LogP contribution in [0.5, 0.6) is 0 Å². The lowest BCUT2D eigenvalue weighted by Gasteiger charge is -2.15. The van der Waals surface area contributed by atoms with Crippen molar-refractivity contribution < 1.29 is 22.7 Å². The van der Waals surface area contributed by atoms with Crippen molar-refractivity contribution in [2.75, 3.05) is 12.4 Å². The second-order valence-electron chi connectivity index (χ2n) is 4.03. The van der Waals surface area contributed by atoms with Gasteiger partial charge in [0, 0.05) is 6.42 Å². The minimum Gasteiger partial charge on any atom is -0.465 e. The summed E-state index contributed by atoms with van der Waals surface area (Å²) in [6.07, 6.45) is -2.62. The number of carbonyl (C=O) groups excluding carboxylic acids is 1. The lowest BCUT2D eigenvalue weighted by atomic mass is 10.2. The molecule has 2 nitrogen and oxygen atoms in total. The summed E-state index contributed by atoms with van der Waals surface area (Å²) in [5.41, 5.74) is 0. The van der Waals surface area contributed by atoms with E-state index in [2.05, 4.69) is 0 Å². The maximum Gasteiger partial charge on any atom is 0.389 e. The SMILES string of the molecule is CCCOC(=O)C(CCC)SCCCC(F)(F)F. The van der Waals surface area contributed by atoms with E-state index in [9.17, 15) is 18.0 Å². The third kappa shape index (κ3) is 9.62. The molecular formula is C12H21F3O2S. The van der Waals surface area contributed by atoms with Crippen LogP contribution in [0.4, 0.5) is 13.2 Å². The molecule has 0 amide bonds. The van der Waals surface area contributed by atoms with E-state index < -0.39 is 12.6 Å². The van der Waals surface area contributed by atoms with E-state index in [1.165, 1.54) is 11.8 Å². The lowest BCUT2D eigenvalue weighted by molar-refractivity contribution is -0.143. The zero-order chi connectivity index (χ0) is 14.0. The number of thioether (sulfide) groups is 1. The van der Waals surface area contributed by atoms with Crippen LogP contribution in [0.25, 0.3) is 0 Å². The first kappa shape index (κ1) is 17.6. The highest BCUT2D eigenvalue weighted by molar-refractivity contribution is 8.00. The molecule has 0 fully saturated rings. The molecule has 0 saturated heterocycles. The molecule has 0 radical (unpaired) electrons. The maximum absolute atomic E-state index is 12.0. The maximum atomic E-state index is 12.0. The Morgan fingerprint density at radius 3 is 2.44 bits per heavy atom. The predicted octanol–water partition coefficient (Wildman–Crippen LogP) is 4.18. The zero-order valence-corrected chi connectivity index (χ0v) is 11.7. The van der Waals surface area contributed by atoms with Crippen LogP contribution in [0, 0.1) is 0 Å². The van der Waals surface area contributed by atoms with Crippen LogP contribution in [0.15, 0.2) is 0 Å². The van der Waals surface area contributed by atoms with Gasteiger partial charge < -0.3 is 4.74 Å². The summed E-state index contributed by atoms with van der Waals surface area (Å²) in [4.78, 5) is 11.6. The van der Waals surface area contributed by atoms with E-state index in [-0.39, 0.29) is 17.6 Å². The van der Waals surface area contributed by atoms with Gasteiger partial charge in [0.25, 0.3) is 0 Å². The molecule has 0 N–H and O–H groups in total. The highest BCUT2D eigenvalue weighted by Crippen LogP contribution is 2.25. The Bertz CT molecular complexity index is 232.